The van der Waals surface area contributed by atoms with Crippen molar-refractivity contribution >= 4 is 18.3 Å². The summed E-state index contributed by atoms with van der Waals surface area (Å²) in [6.45, 7) is 8.30. The van der Waals surface area contributed by atoms with Crippen LogP contribution in [-0.4, -0.2) is 37.6 Å². The number of carbonyl (C=O) groups excluding carboxylic acids is 1. The third-order valence-electron chi connectivity index (χ3n) is 3.64. The van der Waals surface area contributed by atoms with E-state index in [1.807, 2.05) is 30.0 Å². The minimum atomic E-state index is -0.157. The molecule has 0 aliphatic rings. The Balaban J connectivity index is 0.00000529. The zero-order chi connectivity index (χ0) is 17.2. The number of ether oxygens (including phenoxy) is 2. The molecule has 6 heteroatoms. The first-order valence-corrected chi connectivity index (χ1v) is 8.35. The van der Waals surface area contributed by atoms with Crippen LogP contribution in [0.15, 0.2) is 18.2 Å². The highest BCUT2D eigenvalue weighted by Crippen LogP contribution is 2.29. The molecule has 138 valence electrons. The lowest BCUT2D eigenvalue weighted by Gasteiger charge is -2.25. The van der Waals surface area contributed by atoms with E-state index in [-0.39, 0.29) is 24.2 Å². The largest absolute Gasteiger partial charge is 0.493 e. The summed E-state index contributed by atoms with van der Waals surface area (Å²) >= 11 is 0. The van der Waals surface area contributed by atoms with Crippen LogP contribution in [0.2, 0.25) is 0 Å². The molecular weight excluding hydrogens is 328 g/mol. The summed E-state index contributed by atoms with van der Waals surface area (Å²) in [6.07, 6.45) is 1.86. The average molecular weight is 359 g/mol. The van der Waals surface area contributed by atoms with E-state index < -0.39 is 0 Å². The van der Waals surface area contributed by atoms with Crippen molar-refractivity contribution in [2.24, 2.45) is 11.7 Å². The SMILES string of the molecule is CCCOc1ccc(CN(CCC)C(=O)C(C)CN)cc1OC.Cl. The molecular formula is C18H31ClN2O3. The molecule has 1 atom stereocenters. The average Bonchev–Trinajstić information content (AvgIpc) is 2.58. The Labute approximate surface area is 151 Å². The monoisotopic (exact) mass is 358 g/mol. The van der Waals surface area contributed by atoms with Crippen LogP contribution in [0.5, 0.6) is 11.5 Å². The van der Waals surface area contributed by atoms with Gasteiger partial charge in [-0.15, -0.1) is 12.4 Å². The summed E-state index contributed by atoms with van der Waals surface area (Å²) in [4.78, 5) is 14.3. The van der Waals surface area contributed by atoms with Crippen molar-refractivity contribution in [3.8, 4) is 11.5 Å². The van der Waals surface area contributed by atoms with Gasteiger partial charge in [0.15, 0.2) is 11.5 Å². The second-order valence-electron chi connectivity index (χ2n) is 5.73. The van der Waals surface area contributed by atoms with Crippen molar-refractivity contribution in [2.75, 3.05) is 26.8 Å². The summed E-state index contributed by atoms with van der Waals surface area (Å²) in [5.41, 5.74) is 6.65. The van der Waals surface area contributed by atoms with Crippen molar-refractivity contribution < 1.29 is 14.3 Å². The van der Waals surface area contributed by atoms with Crippen molar-refractivity contribution in [3.05, 3.63) is 23.8 Å². The van der Waals surface area contributed by atoms with Gasteiger partial charge in [-0.3, -0.25) is 4.79 Å². The van der Waals surface area contributed by atoms with Crippen molar-refractivity contribution in [2.45, 2.75) is 40.2 Å². The van der Waals surface area contributed by atoms with Crippen LogP contribution in [-0.2, 0) is 11.3 Å². The number of methoxy groups -OCH3 is 1. The molecule has 24 heavy (non-hydrogen) atoms. The Kier molecular flexibility index (Phi) is 11.3. The van der Waals surface area contributed by atoms with E-state index in [2.05, 4.69) is 13.8 Å². The fourth-order valence-corrected chi connectivity index (χ4v) is 2.31. The molecule has 0 saturated carbocycles. The van der Waals surface area contributed by atoms with Gasteiger partial charge in [0.25, 0.3) is 0 Å². The molecule has 0 spiro atoms. The van der Waals surface area contributed by atoms with Gasteiger partial charge in [-0.1, -0.05) is 26.8 Å². The molecule has 1 unspecified atom stereocenters. The summed E-state index contributed by atoms with van der Waals surface area (Å²) in [7, 11) is 1.63. The lowest BCUT2D eigenvalue weighted by Crippen LogP contribution is -2.38. The number of carbonyl (C=O) groups is 1. The van der Waals surface area contributed by atoms with E-state index >= 15 is 0 Å². The predicted molar refractivity (Wildman–Crippen MR) is 100.0 cm³/mol. The molecule has 0 heterocycles. The Morgan fingerprint density at radius 3 is 2.50 bits per heavy atom. The molecule has 1 aromatic carbocycles. The molecule has 1 aromatic rings. The van der Waals surface area contributed by atoms with Gasteiger partial charge in [0, 0.05) is 25.6 Å². The molecule has 0 saturated heterocycles. The molecule has 0 aromatic heterocycles. The summed E-state index contributed by atoms with van der Waals surface area (Å²) in [6, 6.07) is 5.83. The number of nitrogens with zero attached hydrogens (tertiary/aromatic N) is 1. The smallest absolute Gasteiger partial charge is 0.226 e. The molecule has 5 nitrogen and oxygen atoms in total. The fourth-order valence-electron chi connectivity index (χ4n) is 2.31. The van der Waals surface area contributed by atoms with Gasteiger partial charge in [-0.25, -0.2) is 0 Å². The topological polar surface area (TPSA) is 64.8 Å². The van der Waals surface area contributed by atoms with Gasteiger partial charge >= 0.3 is 0 Å². The van der Waals surface area contributed by atoms with Crippen molar-refractivity contribution in [1.29, 1.82) is 0 Å². The minimum Gasteiger partial charge on any atom is -0.493 e. The van der Waals surface area contributed by atoms with Crippen LogP contribution in [0.1, 0.15) is 39.2 Å². The Morgan fingerprint density at radius 1 is 1.25 bits per heavy atom. The van der Waals surface area contributed by atoms with Gasteiger partial charge in [0.2, 0.25) is 5.91 Å². The van der Waals surface area contributed by atoms with Crippen molar-refractivity contribution in [1.82, 2.24) is 4.90 Å². The molecule has 2 N–H and O–H groups in total. The standard InChI is InChI=1S/C18H30N2O3.ClH/c1-5-9-20(18(21)14(3)12-19)13-15-7-8-16(23-10-6-2)17(11-15)22-4;/h7-8,11,14H,5-6,9-10,12-13,19H2,1-4H3;1H. The van der Waals surface area contributed by atoms with E-state index in [0.29, 0.717) is 25.4 Å². The molecule has 0 aliphatic heterocycles. The zero-order valence-electron chi connectivity index (χ0n) is 15.2. The fraction of sp³-hybridized carbons (Fsp3) is 0.611. The minimum absolute atomic E-state index is 0. The first kappa shape index (κ1) is 22.5. The number of halogens is 1. The number of amides is 1. The number of hydrogen-bond acceptors (Lipinski definition) is 4. The Bertz CT molecular complexity index is 497. The van der Waals surface area contributed by atoms with Crippen LogP contribution in [0.25, 0.3) is 0 Å². The number of benzene rings is 1. The Hall–Kier alpha value is -1.46. The summed E-state index contributed by atoms with van der Waals surface area (Å²) in [5, 5.41) is 0. The van der Waals surface area contributed by atoms with E-state index in [9.17, 15) is 4.79 Å². The van der Waals surface area contributed by atoms with E-state index in [1.54, 1.807) is 7.11 Å². The third kappa shape index (κ3) is 6.57. The lowest BCUT2D eigenvalue weighted by molar-refractivity contribution is -0.135. The lowest BCUT2D eigenvalue weighted by atomic mass is 10.1. The first-order chi connectivity index (χ1) is 11.1. The number of rotatable bonds is 10. The van der Waals surface area contributed by atoms with Gasteiger partial charge in [-0.05, 0) is 30.5 Å². The van der Waals surface area contributed by atoms with Gasteiger partial charge < -0.3 is 20.1 Å². The van der Waals surface area contributed by atoms with Gasteiger partial charge in [-0.2, -0.15) is 0 Å². The van der Waals surface area contributed by atoms with Gasteiger partial charge in [0.05, 0.1) is 13.7 Å². The molecule has 1 amide bonds. The summed E-state index contributed by atoms with van der Waals surface area (Å²) < 4.78 is 11.1. The maximum absolute atomic E-state index is 12.4. The van der Waals surface area contributed by atoms with Crippen LogP contribution < -0.4 is 15.2 Å². The molecule has 0 bridgehead atoms. The van der Waals surface area contributed by atoms with Gasteiger partial charge in [0.1, 0.15) is 0 Å². The quantitative estimate of drug-likeness (QED) is 0.697. The third-order valence-corrected chi connectivity index (χ3v) is 3.64. The van der Waals surface area contributed by atoms with E-state index in [0.717, 1.165) is 30.7 Å². The van der Waals surface area contributed by atoms with Crippen LogP contribution in [0.4, 0.5) is 0 Å². The van der Waals surface area contributed by atoms with E-state index in [4.69, 9.17) is 15.2 Å². The molecule has 0 aliphatic carbocycles. The zero-order valence-corrected chi connectivity index (χ0v) is 16.0. The first-order valence-electron chi connectivity index (χ1n) is 8.35. The highest BCUT2D eigenvalue weighted by Gasteiger charge is 2.19. The number of hydrogen-bond donors (Lipinski definition) is 1. The highest BCUT2D eigenvalue weighted by molar-refractivity contribution is 5.85. The second-order valence-corrected chi connectivity index (χ2v) is 5.73. The number of nitrogens with two attached hydrogens (primary N) is 1. The van der Waals surface area contributed by atoms with Crippen LogP contribution >= 0.6 is 12.4 Å². The second kappa shape index (κ2) is 12.0. The summed E-state index contributed by atoms with van der Waals surface area (Å²) in [5.74, 6) is 1.38. The highest BCUT2D eigenvalue weighted by atomic mass is 35.5. The normalized spacial score (nSPS) is 11.4. The maximum Gasteiger partial charge on any atom is 0.226 e. The predicted octanol–water partition coefficient (Wildman–Crippen LogP) is 3.24. The van der Waals surface area contributed by atoms with Crippen molar-refractivity contribution in [3.63, 3.8) is 0 Å². The molecule has 0 fully saturated rings. The van der Waals surface area contributed by atoms with Crippen LogP contribution in [0.3, 0.4) is 0 Å². The van der Waals surface area contributed by atoms with E-state index in [1.165, 1.54) is 0 Å². The van der Waals surface area contributed by atoms with Crippen LogP contribution in [0, 0.1) is 5.92 Å². The Morgan fingerprint density at radius 2 is 1.96 bits per heavy atom. The molecule has 1 rings (SSSR count). The maximum atomic E-state index is 12.4. The molecule has 0 radical (unpaired) electrons.